The molecule has 1 aromatic heterocycles. The van der Waals surface area contributed by atoms with Crippen LogP contribution in [0.3, 0.4) is 0 Å². The van der Waals surface area contributed by atoms with E-state index in [0.717, 1.165) is 10.7 Å². The molecule has 0 saturated heterocycles. The van der Waals surface area contributed by atoms with E-state index >= 15 is 0 Å². The molecule has 13 heavy (non-hydrogen) atoms. The molecule has 4 heteroatoms. The Morgan fingerprint density at radius 1 is 1.54 bits per heavy atom. The van der Waals surface area contributed by atoms with Crippen molar-refractivity contribution in [2.45, 2.75) is 30.7 Å². The topological polar surface area (TPSA) is 49.6 Å². The highest BCUT2D eigenvalue weighted by Crippen LogP contribution is 2.20. The smallest absolute Gasteiger partial charge is 0.187 e. The fourth-order valence-corrected chi connectivity index (χ4v) is 1.54. The van der Waals surface area contributed by atoms with Gasteiger partial charge in [0.15, 0.2) is 5.16 Å². The van der Waals surface area contributed by atoms with Crippen molar-refractivity contribution in [1.29, 1.82) is 5.26 Å². The van der Waals surface area contributed by atoms with E-state index in [2.05, 4.69) is 16.0 Å². The van der Waals surface area contributed by atoms with Gasteiger partial charge in [-0.15, -0.1) is 0 Å². The Kier molecular flexibility index (Phi) is 3.71. The fraction of sp³-hybridized carbons (Fsp3) is 0.444. The van der Waals surface area contributed by atoms with Gasteiger partial charge in [-0.25, -0.2) is 9.97 Å². The lowest BCUT2D eigenvalue weighted by molar-refractivity contribution is 0.922. The van der Waals surface area contributed by atoms with Crippen molar-refractivity contribution >= 4 is 11.8 Å². The third-order valence-electron chi connectivity index (χ3n) is 1.44. The molecule has 0 spiro atoms. The monoisotopic (exact) mass is 193 g/mol. The largest absolute Gasteiger partial charge is 0.231 e. The highest BCUT2D eigenvalue weighted by molar-refractivity contribution is 7.99. The Morgan fingerprint density at radius 2 is 2.15 bits per heavy atom. The summed E-state index contributed by atoms with van der Waals surface area (Å²) in [5.41, 5.74) is 1.05. The summed E-state index contributed by atoms with van der Waals surface area (Å²) in [6, 6.07) is 2.12. The summed E-state index contributed by atoms with van der Waals surface area (Å²) in [6.07, 6.45) is 4.10. The second-order valence-corrected chi connectivity index (χ2v) is 4.24. The minimum absolute atomic E-state index is 0.257. The van der Waals surface area contributed by atoms with Gasteiger partial charge in [-0.05, 0) is 12.5 Å². The summed E-state index contributed by atoms with van der Waals surface area (Å²) in [4.78, 5) is 8.29. The maximum Gasteiger partial charge on any atom is 0.187 e. The first-order chi connectivity index (χ1) is 6.22. The van der Waals surface area contributed by atoms with Crippen molar-refractivity contribution in [2.24, 2.45) is 0 Å². The van der Waals surface area contributed by atoms with Crippen LogP contribution in [0.2, 0.25) is 0 Å². The normalized spacial score (nSPS) is 12.1. The fourth-order valence-electron chi connectivity index (χ4n) is 0.792. The third-order valence-corrected chi connectivity index (χ3v) is 2.43. The van der Waals surface area contributed by atoms with E-state index in [0.29, 0.717) is 6.42 Å². The van der Waals surface area contributed by atoms with E-state index in [-0.39, 0.29) is 5.25 Å². The number of hydrogen-bond donors (Lipinski definition) is 0. The summed E-state index contributed by atoms with van der Waals surface area (Å²) in [6.45, 7) is 3.95. The lowest BCUT2D eigenvalue weighted by Crippen LogP contribution is -1.96. The van der Waals surface area contributed by atoms with Crippen LogP contribution in [0, 0.1) is 18.3 Å². The van der Waals surface area contributed by atoms with Crippen LogP contribution in [-0.2, 0) is 0 Å². The van der Waals surface area contributed by atoms with Gasteiger partial charge in [-0.1, -0.05) is 18.7 Å². The molecule has 0 radical (unpaired) electrons. The summed E-state index contributed by atoms with van der Waals surface area (Å²) < 4.78 is 0. The number of hydrogen-bond acceptors (Lipinski definition) is 4. The van der Waals surface area contributed by atoms with Crippen LogP contribution in [0.15, 0.2) is 17.6 Å². The summed E-state index contributed by atoms with van der Waals surface area (Å²) in [5.74, 6) is 0. The zero-order valence-electron chi connectivity index (χ0n) is 7.69. The number of thioether (sulfide) groups is 1. The molecular weight excluding hydrogens is 182 g/mol. The third kappa shape index (κ3) is 3.43. The van der Waals surface area contributed by atoms with Crippen LogP contribution >= 0.6 is 11.8 Å². The molecule has 0 bridgehead atoms. The molecule has 1 rings (SSSR count). The van der Waals surface area contributed by atoms with E-state index < -0.39 is 0 Å². The molecule has 1 atom stereocenters. The quantitative estimate of drug-likeness (QED) is 0.545. The van der Waals surface area contributed by atoms with Gasteiger partial charge < -0.3 is 0 Å². The van der Waals surface area contributed by atoms with Gasteiger partial charge in [0.2, 0.25) is 0 Å². The Hall–Kier alpha value is -1.08. The highest BCUT2D eigenvalue weighted by Gasteiger charge is 2.05. The van der Waals surface area contributed by atoms with E-state index in [1.807, 2.05) is 13.8 Å². The van der Waals surface area contributed by atoms with Crippen LogP contribution in [0.4, 0.5) is 0 Å². The number of rotatable bonds is 3. The van der Waals surface area contributed by atoms with Crippen molar-refractivity contribution in [3.05, 3.63) is 18.0 Å². The zero-order valence-corrected chi connectivity index (χ0v) is 8.51. The molecule has 1 unspecified atom stereocenters. The molecule has 3 nitrogen and oxygen atoms in total. The molecule has 0 saturated carbocycles. The molecule has 0 amide bonds. The molecule has 0 N–H and O–H groups in total. The van der Waals surface area contributed by atoms with E-state index in [4.69, 9.17) is 5.26 Å². The number of aryl methyl sites for hydroxylation is 1. The van der Waals surface area contributed by atoms with Gasteiger partial charge in [-0.3, -0.25) is 0 Å². The van der Waals surface area contributed by atoms with Gasteiger partial charge in [0, 0.05) is 24.1 Å². The molecule has 1 heterocycles. The predicted octanol–water partition coefficient (Wildman–Crippen LogP) is 2.18. The Morgan fingerprint density at radius 3 is 2.69 bits per heavy atom. The maximum absolute atomic E-state index is 8.45. The van der Waals surface area contributed by atoms with Crippen molar-refractivity contribution in [1.82, 2.24) is 9.97 Å². The average Bonchev–Trinajstić information content (AvgIpc) is 2.09. The Bertz CT molecular complexity index is 302. The predicted molar refractivity (Wildman–Crippen MR) is 52.3 cm³/mol. The standard InChI is InChI=1S/C9H11N3S/c1-7-5-11-9(12-6-7)13-8(2)3-4-10/h5-6,8H,3H2,1-2H3. The minimum atomic E-state index is 0.257. The van der Waals surface area contributed by atoms with Crippen LogP contribution in [-0.4, -0.2) is 15.2 Å². The van der Waals surface area contributed by atoms with Crippen molar-refractivity contribution in [2.75, 3.05) is 0 Å². The lowest BCUT2D eigenvalue weighted by Gasteiger charge is -2.04. The molecule has 0 aliphatic carbocycles. The SMILES string of the molecule is Cc1cnc(SC(C)CC#N)nc1. The summed E-state index contributed by atoms with van der Waals surface area (Å²) in [7, 11) is 0. The summed E-state index contributed by atoms with van der Waals surface area (Å²) >= 11 is 1.53. The Labute approximate surface area is 82.2 Å². The lowest BCUT2D eigenvalue weighted by atomic mass is 10.4. The van der Waals surface area contributed by atoms with E-state index in [1.54, 1.807) is 12.4 Å². The van der Waals surface area contributed by atoms with Gasteiger partial charge in [-0.2, -0.15) is 5.26 Å². The van der Waals surface area contributed by atoms with Crippen LogP contribution < -0.4 is 0 Å². The van der Waals surface area contributed by atoms with E-state index in [9.17, 15) is 0 Å². The first-order valence-electron chi connectivity index (χ1n) is 4.04. The van der Waals surface area contributed by atoms with Crippen LogP contribution in [0.1, 0.15) is 18.9 Å². The Balaban J connectivity index is 2.55. The molecule has 68 valence electrons. The zero-order chi connectivity index (χ0) is 9.68. The number of aromatic nitrogens is 2. The molecule has 0 aliphatic heterocycles. The molecule has 1 aromatic rings. The van der Waals surface area contributed by atoms with Gasteiger partial charge in [0.05, 0.1) is 6.07 Å². The highest BCUT2D eigenvalue weighted by atomic mass is 32.2. The molecule has 0 fully saturated rings. The molecule has 0 aromatic carbocycles. The number of nitrogens with zero attached hydrogens (tertiary/aromatic N) is 3. The van der Waals surface area contributed by atoms with Crippen molar-refractivity contribution < 1.29 is 0 Å². The van der Waals surface area contributed by atoms with Crippen molar-refractivity contribution in [3.63, 3.8) is 0 Å². The first-order valence-corrected chi connectivity index (χ1v) is 4.92. The maximum atomic E-state index is 8.45. The number of nitriles is 1. The van der Waals surface area contributed by atoms with E-state index in [1.165, 1.54) is 11.8 Å². The van der Waals surface area contributed by atoms with Crippen LogP contribution in [0.5, 0.6) is 0 Å². The van der Waals surface area contributed by atoms with Crippen molar-refractivity contribution in [3.8, 4) is 6.07 Å². The summed E-state index contributed by atoms with van der Waals surface area (Å²) in [5, 5.41) is 9.46. The van der Waals surface area contributed by atoms with Gasteiger partial charge in [0.25, 0.3) is 0 Å². The average molecular weight is 193 g/mol. The first kappa shape index (κ1) is 10.0. The second kappa shape index (κ2) is 4.83. The minimum Gasteiger partial charge on any atom is -0.231 e. The van der Waals surface area contributed by atoms with Gasteiger partial charge >= 0.3 is 0 Å². The van der Waals surface area contributed by atoms with Crippen LogP contribution in [0.25, 0.3) is 0 Å². The molecule has 0 aliphatic rings. The molecular formula is C9H11N3S. The second-order valence-electron chi connectivity index (χ2n) is 2.83. The van der Waals surface area contributed by atoms with Gasteiger partial charge in [0.1, 0.15) is 0 Å².